The summed E-state index contributed by atoms with van der Waals surface area (Å²) >= 11 is 15.9. The first-order valence-corrected chi connectivity index (χ1v) is 13.0. The maximum Gasteiger partial charge on any atom is 0.238 e. The summed E-state index contributed by atoms with van der Waals surface area (Å²) in [5, 5.41) is 7.72. The summed E-state index contributed by atoms with van der Waals surface area (Å²) in [6, 6.07) is 18.8. The van der Waals surface area contributed by atoms with Crippen LogP contribution in [0.25, 0.3) is 16.3 Å². The highest BCUT2D eigenvalue weighted by atomic mass is 35.5. The van der Waals surface area contributed by atoms with Gasteiger partial charge in [-0.1, -0.05) is 53.5 Å². The predicted molar refractivity (Wildman–Crippen MR) is 139 cm³/mol. The van der Waals surface area contributed by atoms with Gasteiger partial charge in [-0.25, -0.2) is 4.68 Å². The molecular weight excluding hydrogens is 511 g/mol. The first kappa shape index (κ1) is 23.0. The van der Waals surface area contributed by atoms with Crippen LogP contribution >= 0.6 is 46.3 Å². The monoisotopic (exact) mass is 528 g/mol. The predicted octanol–water partition coefficient (Wildman–Crippen LogP) is 5.56. The smallest absolute Gasteiger partial charge is 0.238 e. The molecule has 2 N–H and O–H groups in total. The summed E-state index contributed by atoms with van der Waals surface area (Å²) in [7, 11) is 0. The number of thiophene rings is 1. The number of nitrogens with zero attached hydrogens (tertiary/aromatic N) is 3. The molecule has 2 aromatic carbocycles. The minimum Gasteiger partial charge on any atom is -0.368 e. The zero-order valence-electron chi connectivity index (χ0n) is 17.7. The molecule has 0 spiro atoms. The lowest BCUT2D eigenvalue weighted by Gasteiger charge is -2.22. The van der Waals surface area contributed by atoms with Crippen molar-refractivity contribution in [2.75, 3.05) is 17.2 Å². The summed E-state index contributed by atoms with van der Waals surface area (Å²) in [5.74, 6) is -0.211. The molecule has 2 aromatic heterocycles. The van der Waals surface area contributed by atoms with Crippen molar-refractivity contribution >= 4 is 63.9 Å². The van der Waals surface area contributed by atoms with Crippen molar-refractivity contribution in [2.24, 2.45) is 5.73 Å². The molecule has 1 aliphatic rings. The van der Waals surface area contributed by atoms with Crippen LogP contribution < -0.4 is 10.6 Å². The number of fused-ring (bicyclic) bond motifs is 1. The molecule has 0 saturated heterocycles. The third-order valence-corrected chi connectivity index (χ3v) is 8.08. The molecule has 10 heteroatoms. The van der Waals surface area contributed by atoms with Gasteiger partial charge >= 0.3 is 0 Å². The van der Waals surface area contributed by atoms with Gasteiger partial charge in [0.25, 0.3) is 0 Å². The van der Waals surface area contributed by atoms with E-state index in [1.165, 1.54) is 16.7 Å². The van der Waals surface area contributed by atoms with Gasteiger partial charge in [-0.15, -0.1) is 23.1 Å². The number of halogens is 2. The molecule has 34 heavy (non-hydrogen) atoms. The number of para-hydroxylation sites is 1. The van der Waals surface area contributed by atoms with Crippen LogP contribution in [0.3, 0.4) is 0 Å². The minimum atomic E-state index is -0.616. The van der Waals surface area contributed by atoms with Gasteiger partial charge in [-0.2, -0.15) is 5.10 Å². The van der Waals surface area contributed by atoms with E-state index >= 15 is 0 Å². The number of primary amides is 1. The van der Waals surface area contributed by atoms with E-state index in [0.717, 1.165) is 16.0 Å². The number of rotatable bonds is 5. The van der Waals surface area contributed by atoms with Crippen LogP contribution in [0.4, 0.5) is 5.82 Å². The topological polar surface area (TPSA) is 81.2 Å². The van der Waals surface area contributed by atoms with Crippen molar-refractivity contribution in [3.63, 3.8) is 0 Å². The van der Waals surface area contributed by atoms with Crippen LogP contribution in [0.15, 0.2) is 66.0 Å². The molecule has 4 aromatic rings. The van der Waals surface area contributed by atoms with Gasteiger partial charge in [0.2, 0.25) is 11.8 Å². The Bertz CT molecular complexity index is 1390. The highest BCUT2D eigenvalue weighted by Gasteiger charge is 2.38. The number of nitrogens with two attached hydrogens (primary N) is 1. The van der Waals surface area contributed by atoms with Gasteiger partial charge in [-0.3, -0.25) is 14.5 Å². The molecular formula is C24H18Cl2N4O2S2. The Morgan fingerprint density at radius 3 is 2.65 bits per heavy atom. The molecule has 3 heterocycles. The molecule has 0 saturated carbocycles. The Hall–Kier alpha value is -2.78. The van der Waals surface area contributed by atoms with Crippen LogP contribution in [0, 0.1) is 0 Å². The van der Waals surface area contributed by atoms with Crippen LogP contribution in [0.2, 0.25) is 10.0 Å². The molecule has 5 rings (SSSR count). The number of hydrogen-bond donors (Lipinski definition) is 1. The number of carbonyl (C=O) groups excluding carboxylic acids is 2. The van der Waals surface area contributed by atoms with Gasteiger partial charge in [0.1, 0.15) is 18.1 Å². The second-order valence-electron chi connectivity index (χ2n) is 7.62. The summed E-state index contributed by atoms with van der Waals surface area (Å²) in [6.45, 7) is -0.269. The first-order valence-electron chi connectivity index (χ1n) is 10.3. The number of aromatic nitrogens is 2. The molecule has 0 fully saturated rings. The average Bonchev–Trinajstić information content (AvgIpc) is 3.43. The lowest BCUT2D eigenvalue weighted by molar-refractivity contribution is -0.121. The zero-order valence-corrected chi connectivity index (χ0v) is 20.8. The van der Waals surface area contributed by atoms with Crippen LogP contribution in [-0.2, 0) is 9.59 Å². The minimum absolute atomic E-state index is 0.158. The Balaban J connectivity index is 1.86. The highest BCUT2D eigenvalue weighted by molar-refractivity contribution is 8.00. The van der Waals surface area contributed by atoms with Gasteiger partial charge in [0.15, 0.2) is 0 Å². The van der Waals surface area contributed by atoms with E-state index in [1.807, 2.05) is 60.0 Å². The molecule has 6 nitrogen and oxygen atoms in total. The van der Waals surface area contributed by atoms with E-state index in [4.69, 9.17) is 34.0 Å². The first-order chi connectivity index (χ1) is 16.4. The van der Waals surface area contributed by atoms with E-state index in [0.29, 0.717) is 27.2 Å². The number of hydrogen-bond acceptors (Lipinski definition) is 5. The number of anilines is 1. The maximum atomic E-state index is 13.3. The van der Waals surface area contributed by atoms with E-state index in [9.17, 15) is 9.59 Å². The maximum absolute atomic E-state index is 13.3. The normalized spacial score (nSPS) is 15.8. The van der Waals surface area contributed by atoms with E-state index in [1.54, 1.807) is 22.1 Å². The second-order valence-corrected chi connectivity index (χ2v) is 10.5. The zero-order chi connectivity index (χ0) is 23.8. The third kappa shape index (κ3) is 4.22. The van der Waals surface area contributed by atoms with Gasteiger partial charge < -0.3 is 5.73 Å². The lowest BCUT2D eigenvalue weighted by Crippen LogP contribution is -2.40. The van der Waals surface area contributed by atoms with Crippen LogP contribution in [0.1, 0.15) is 16.4 Å². The summed E-state index contributed by atoms with van der Waals surface area (Å²) in [5.41, 5.74) is 8.62. The SMILES string of the molecule is NC(=O)CN1C(=O)CSC(c2cccc(Cl)c2)c2c(-c3cccs3)nn(-c3ccccc3Cl)c21. The fourth-order valence-corrected chi connectivity index (χ4v) is 6.32. The molecule has 0 aliphatic carbocycles. The Labute approximate surface area is 214 Å². The van der Waals surface area contributed by atoms with Crippen molar-refractivity contribution in [1.29, 1.82) is 0 Å². The molecule has 0 bridgehead atoms. The third-order valence-electron chi connectivity index (χ3n) is 5.39. The van der Waals surface area contributed by atoms with Crippen LogP contribution in [0.5, 0.6) is 0 Å². The lowest BCUT2D eigenvalue weighted by atomic mass is 10.0. The number of amides is 2. The van der Waals surface area contributed by atoms with Crippen molar-refractivity contribution in [1.82, 2.24) is 9.78 Å². The largest absolute Gasteiger partial charge is 0.368 e. The van der Waals surface area contributed by atoms with E-state index < -0.39 is 5.91 Å². The van der Waals surface area contributed by atoms with Gasteiger partial charge in [0.05, 0.1) is 26.6 Å². The Morgan fingerprint density at radius 2 is 1.94 bits per heavy atom. The quantitative estimate of drug-likeness (QED) is 0.367. The van der Waals surface area contributed by atoms with Crippen molar-refractivity contribution in [2.45, 2.75) is 5.25 Å². The number of thioether (sulfide) groups is 1. The Kier molecular flexibility index (Phi) is 6.40. The highest BCUT2D eigenvalue weighted by Crippen LogP contribution is 2.49. The van der Waals surface area contributed by atoms with Crippen molar-refractivity contribution in [3.8, 4) is 16.3 Å². The number of carbonyl (C=O) groups is 2. The molecule has 2 amide bonds. The molecule has 172 valence electrons. The summed E-state index contributed by atoms with van der Waals surface area (Å²) in [4.78, 5) is 27.7. The fourth-order valence-electron chi connectivity index (χ4n) is 3.99. The van der Waals surface area contributed by atoms with Gasteiger partial charge in [-0.05, 0) is 41.3 Å². The average molecular weight is 529 g/mol. The standard InChI is InChI=1S/C24H18Cl2N4O2S2/c25-15-6-3-5-14(11-15)23-21-22(18-9-4-10-33-18)28-30(17-8-2-1-7-16(17)26)24(21)29(12-19(27)31)20(32)13-34-23/h1-11,23H,12-13H2,(H2,27,31). The second kappa shape index (κ2) is 9.46. The summed E-state index contributed by atoms with van der Waals surface area (Å²) in [6.07, 6.45) is 0. The Morgan fingerprint density at radius 1 is 1.12 bits per heavy atom. The van der Waals surface area contributed by atoms with Crippen molar-refractivity contribution < 1.29 is 9.59 Å². The van der Waals surface area contributed by atoms with Crippen molar-refractivity contribution in [3.05, 3.63) is 87.2 Å². The number of benzene rings is 2. The van der Waals surface area contributed by atoms with E-state index in [2.05, 4.69) is 0 Å². The van der Waals surface area contributed by atoms with Gasteiger partial charge in [0, 0.05) is 10.6 Å². The molecule has 1 aliphatic heterocycles. The van der Waals surface area contributed by atoms with Crippen LogP contribution in [-0.4, -0.2) is 33.9 Å². The molecule has 0 radical (unpaired) electrons. The molecule has 1 atom stereocenters. The van der Waals surface area contributed by atoms with E-state index in [-0.39, 0.29) is 23.5 Å². The summed E-state index contributed by atoms with van der Waals surface area (Å²) < 4.78 is 1.65. The molecule has 1 unspecified atom stereocenters. The fraction of sp³-hybridized carbons (Fsp3) is 0.125.